The van der Waals surface area contributed by atoms with E-state index < -0.39 is 6.10 Å². The number of nitrogens with zero attached hydrogens (tertiary/aromatic N) is 1. The second-order valence-corrected chi connectivity index (χ2v) is 4.34. The second-order valence-electron chi connectivity index (χ2n) is 4.34. The van der Waals surface area contributed by atoms with Crippen molar-refractivity contribution in [1.29, 1.82) is 0 Å². The van der Waals surface area contributed by atoms with Crippen molar-refractivity contribution in [2.24, 2.45) is 0 Å². The predicted octanol–water partition coefficient (Wildman–Crippen LogP) is 2.90. The highest BCUT2D eigenvalue weighted by Crippen LogP contribution is 2.19. The zero-order valence-corrected chi connectivity index (χ0v) is 10.9. The topological polar surface area (TPSA) is 23.5 Å². The van der Waals surface area contributed by atoms with E-state index in [0.717, 1.165) is 25.2 Å². The lowest BCUT2D eigenvalue weighted by Gasteiger charge is -2.20. The van der Waals surface area contributed by atoms with Crippen LogP contribution >= 0.6 is 0 Å². The van der Waals surface area contributed by atoms with Crippen molar-refractivity contribution in [1.82, 2.24) is 4.90 Å². The minimum Gasteiger partial charge on any atom is -0.388 e. The van der Waals surface area contributed by atoms with E-state index in [0.29, 0.717) is 12.0 Å². The molecule has 0 aliphatic heterocycles. The number of hydrogen-bond donors (Lipinski definition) is 1. The Kier molecular flexibility index (Phi) is 5.59. The van der Waals surface area contributed by atoms with E-state index in [1.54, 1.807) is 19.1 Å². The van der Waals surface area contributed by atoms with Gasteiger partial charge in [-0.2, -0.15) is 0 Å². The molecule has 0 bridgehead atoms. The molecule has 0 radical (unpaired) electrons. The Labute approximate surface area is 103 Å². The van der Waals surface area contributed by atoms with E-state index in [4.69, 9.17) is 0 Å². The Morgan fingerprint density at radius 3 is 2.47 bits per heavy atom. The first-order valence-electron chi connectivity index (χ1n) is 6.25. The molecule has 0 aliphatic carbocycles. The second kappa shape index (κ2) is 6.72. The molecule has 0 saturated carbocycles. The standard InChI is InChI=1S/C14H22FNO/c1-4-16(5-2)9-8-14(17)12-6-7-13(15)11(3)10-12/h6-7,10,14,17H,4-5,8-9H2,1-3H3. The van der Waals surface area contributed by atoms with E-state index >= 15 is 0 Å². The van der Waals surface area contributed by atoms with Crippen molar-refractivity contribution < 1.29 is 9.50 Å². The first-order valence-corrected chi connectivity index (χ1v) is 6.25. The molecule has 1 N–H and O–H groups in total. The van der Waals surface area contributed by atoms with Crippen LogP contribution in [-0.4, -0.2) is 29.6 Å². The summed E-state index contributed by atoms with van der Waals surface area (Å²) in [5.74, 6) is -0.218. The fourth-order valence-electron chi connectivity index (χ4n) is 1.89. The summed E-state index contributed by atoms with van der Waals surface area (Å²) >= 11 is 0. The van der Waals surface area contributed by atoms with Crippen LogP contribution in [0, 0.1) is 12.7 Å². The molecule has 0 spiro atoms. The zero-order valence-electron chi connectivity index (χ0n) is 10.9. The fraction of sp³-hybridized carbons (Fsp3) is 0.571. The van der Waals surface area contributed by atoms with Gasteiger partial charge < -0.3 is 10.0 Å². The van der Waals surface area contributed by atoms with Crippen LogP contribution in [-0.2, 0) is 0 Å². The summed E-state index contributed by atoms with van der Waals surface area (Å²) in [6.45, 7) is 8.79. The number of aryl methyl sites for hydroxylation is 1. The van der Waals surface area contributed by atoms with Crippen molar-refractivity contribution in [2.75, 3.05) is 19.6 Å². The first-order chi connectivity index (χ1) is 8.08. The van der Waals surface area contributed by atoms with Gasteiger partial charge in [-0.1, -0.05) is 26.0 Å². The maximum absolute atomic E-state index is 13.1. The van der Waals surface area contributed by atoms with Gasteiger partial charge in [0, 0.05) is 6.54 Å². The van der Waals surface area contributed by atoms with E-state index in [-0.39, 0.29) is 5.82 Å². The van der Waals surface area contributed by atoms with Gasteiger partial charge in [0.2, 0.25) is 0 Å². The summed E-state index contributed by atoms with van der Waals surface area (Å²) in [6.07, 6.45) is 0.183. The molecule has 1 aromatic rings. The van der Waals surface area contributed by atoms with Crippen LogP contribution in [0.2, 0.25) is 0 Å². The minimum atomic E-state index is -0.505. The van der Waals surface area contributed by atoms with Crippen molar-refractivity contribution in [3.63, 3.8) is 0 Å². The van der Waals surface area contributed by atoms with Crippen molar-refractivity contribution in [3.8, 4) is 0 Å². The quantitative estimate of drug-likeness (QED) is 0.825. The van der Waals surface area contributed by atoms with Crippen LogP contribution in [0.25, 0.3) is 0 Å². The van der Waals surface area contributed by atoms with Crippen LogP contribution in [0.15, 0.2) is 18.2 Å². The Hall–Kier alpha value is -0.930. The van der Waals surface area contributed by atoms with Crippen LogP contribution in [0.3, 0.4) is 0 Å². The molecule has 96 valence electrons. The van der Waals surface area contributed by atoms with Crippen LogP contribution in [0.4, 0.5) is 4.39 Å². The summed E-state index contributed by atoms with van der Waals surface area (Å²) in [6, 6.07) is 4.81. The van der Waals surface area contributed by atoms with E-state index in [1.807, 2.05) is 0 Å². The third-order valence-electron chi connectivity index (χ3n) is 3.18. The van der Waals surface area contributed by atoms with Crippen molar-refractivity contribution >= 4 is 0 Å². The van der Waals surface area contributed by atoms with Crippen LogP contribution in [0.1, 0.15) is 37.5 Å². The van der Waals surface area contributed by atoms with Crippen LogP contribution < -0.4 is 0 Å². The lowest BCUT2D eigenvalue weighted by molar-refractivity contribution is 0.145. The molecule has 17 heavy (non-hydrogen) atoms. The minimum absolute atomic E-state index is 0.218. The van der Waals surface area contributed by atoms with Gasteiger partial charge in [0.15, 0.2) is 0 Å². The fourth-order valence-corrected chi connectivity index (χ4v) is 1.89. The van der Waals surface area contributed by atoms with Crippen molar-refractivity contribution in [2.45, 2.75) is 33.3 Å². The summed E-state index contributed by atoms with van der Waals surface area (Å²) in [5, 5.41) is 10.0. The number of halogens is 1. The van der Waals surface area contributed by atoms with E-state index in [1.165, 1.54) is 6.07 Å². The monoisotopic (exact) mass is 239 g/mol. The van der Waals surface area contributed by atoms with Crippen LogP contribution in [0.5, 0.6) is 0 Å². The molecular weight excluding hydrogens is 217 g/mol. The molecule has 0 saturated heterocycles. The van der Waals surface area contributed by atoms with Gasteiger partial charge in [-0.25, -0.2) is 4.39 Å². The molecular formula is C14H22FNO. The molecule has 0 heterocycles. The number of aliphatic hydroxyl groups excluding tert-OH is 1. The largest absolute Gasteiger partial charge is 0.388 e. The highest BCUT2D eigenvalue weighted by molar-refractivity contribution is 5.25. The predicted molar refractivity (Wildman–Crippen MR) is 68.5 cm³/mol. The van der Waals surface area contributed by atoms with Gasteiger partial charge in [0.25, 0.3) is 0 Å². The smallest absolute Gasteiger partial charge is 0.126 e. The summed E-state index contributed by atoms with van der Waals surface area (Å²) < 4.78 is 13.1. The highest BCUT2D eigenvalue weighted by atomic mass is 19.1. The average Bonchev–Trinajstić information content (AvgIpc) is 2.33. The molecule has 1 unspecified atom stereocenters. The van der Waals surface area contributed by atoms with Gasteiger partial charge in [-0.15, -0.1) is 0 Å². The van der Waals surface area contributed by atoms with Gasteiger partial charge in [0.1, 0.15) is 5.82 Å². The summed E-state index contributed by atoms with van der Waals surface area (Å²) in [7, 11) is 0. The molecule has 0 amide bonds. The molecule has 3 heteroatoms. The molecule has 1 aromatic carbocycles. The maximum atomic E-state index is 13.1. The summed E-state index contributed by atoms with van der Waals surface area (Å²) in [4.78, 5) is 2.26. The van der Waals surface area contributed by atoms with Crippen molar-refractivity contribution in [3.05, 3.63) is 35.1 Å². The third kappa shape index (κ3) is 4.10. The number of aliphatic hydroxyl groups is 1. The SMILES string of the molecule is CCN(CC)CCC(O)c1ccc(F)c(C)c1. The van der Waals surface area contributed by atoms with E-state index in [2.05, 4.69) is 18.7 Å². The maximum Gasteiger partial charge on any atom is 0.126 e. The number of benzene rings is 1. The van der Waals surface area contributed by atoms with Gasteiger partial charge >= 0.3 is 0 Å². The molecule has 1 rings (SSSR count). The first kappa shape index (κ1) is 14.1. The molecule has 2 nitrogen and oxygen atoms in total. The Morgan fingerprint density at radius 1 is 1.29 bits per heavy atom. The lowest BCUT2D eigenvalue weighted by Crippen LogP contribution is -2.25. The molecule has 0 aromatic heterocycles. The third-order valence-corrected chi connectivity index (χ3v) is 3.18. The Bertz CT molecular complexity index is 350. The highest BCUT2D eigenvalue weighted by Gasteiger charge is 2.10. The molecule has 1 atom stereocenters. The Morgan fingerprint density at radius 2 is 1.94 bits per heavy atom. The number of rotatable bonds is 6. The average molecular weight is 239 g/mol. The molecule has 0 aliphatic rings. The van der Waals surface area contributed by atoms with Gasteiger partial charge in [0.05, 0.1) is 6.10 Å². The lowest BCUT2D eigenvalue weighted by atomic mass is 10.0. The normalized spacial score (nSPS) is 13.1. The van der Waals surface area contributed by atoms with E-state index in [9.17, 15) is 9.50 Å². The van der Waals surface area contributed by atoms with Gasteiger partial charge in [-0.3, -0.25) is 0 Å². The summed E-state index contributed by atoms with van der Waals surface area (Å²) in [5.41, 5.74) is 1.39. The Balaban J connectivity index is 2.57. The zero-order chi connectivity index (χ0) is 12.8. The van der Waals surface area contributed by atoms with Gasteiger partial charge in [-0.05, 0) is 43.6 Å². The number of hydrogen-bond acceptors (Lipinski definition) is 2. The molecule has 0 fully saturated rings.